The molecule has 0 saturated heterocycles. The minimum absolute atomic E-state index is 0.0418. The maximum atomic E-state index is 12.1. The van der Waals surface area contributed by atoms with Crippen molar-refractivity contribution in [3.63, 3.8) is 0 Å². The fourth-order valence-corrected chi connectivity index (χ4v) is 1.88. The molecular weight excluding hydrogens is 296 g/mol. The van der Waals surface area contributed by atoms with Gasteiger partial charge >= 0.3 is 0 Å². The molecule has 0 aliphatic heterocycles. The van der Waals surface area contributed by atoms with Crippen LogP contribution in [0.3, 0.4) is 0 Å². The van der Waals surface area contributed by atoms with Crippen LogP contribution in [0, 0.1) is 17.0 Å². The average Bonchev–Trinajstić information content (AvgIpc) is 2.43. The number of nitrogens with zero attached hydrogens (tertiary/aromatic N) is 2. The van der Waals surface area contributed by atoms with Crippen molar-refractivity contribution in [2.75, 3.05) is 11.1 Å². The third kappa shape index (κ3) is 3.26. The summed E-state index contributed by atoms with van der Waals surface area (Å²) in [5, 5.41) is 13.5. The SMILES string of the molecule is Cc1ccc(NC(=O)c2nc(N)ccc2Cl)cc1[N+](=O)[O-]. The molecule has 1 heterocycles. The Balaban J connectivity index is 2.29. The molecule has 3 N–H and O–H groups in total. The number of pyridine rings is 1. The van der Waals surface area contributed by atoms with Gasteiger partial charge in [0.15, 0.2) is 0 Å². The summed E-state index contributed by atoms with van der Waals surface area (Å²) < 4.78 is 0. The van der Waals surface area contributed by atoms with Gasteiger partial charge in [0.05, 0.1) is 9.95 Å². The lowest BCUT2D eigenvalue weighted by Gasteiger charge is -2.07. The van der Waals surface area contributed by atoms with E-state index >= 15 is 0 Å². The summed E-state index contributed by atoms with van der Waals surface area (Å²) in [7, 11) is 0. The highest BCUT2D eigenvalue weighted by atomic mass is 35.5. The van der Waals surface area contributed by atoms with Crippen LogP contribution in [0.15, 0.2) is 30.3 Å². The van der Waals surface area contributed by atoms with E-state index in [1.54, 1.807) is 19.1 Å². The standard InChI is InChI=1S/C13H11ClN4O3/c1-7-2-3-8(6-10(7)18(20)21)16-13(19)12-9(14)4-5-11(15)17-12/h2-6H,1H3,(H2,15,17)(H,16,19). The molecule has 0 spiro atoms. The molecule has 2 aromatic rings. The van der Waals surface area contributed by atoms with E-state index in [1.165, 1.54) is 18.2 Å². The van der Waals surface area contributed by atoms with Crippen molar-refractivity contribution in [2.45, 2.75) is 6.92 Å². The molecule has 1 amide bonds. The van der Waals surface area contributed by atoms with Crippen LogP contribution in [0.4, 0.5) is 17.2 Å². The molecule has 1 aromatic carbocycles. The minimum Gasteiger partial charge on any atom is -0.384 e. The average molecular weight is 307 g/mol. The molecule has 2 rings (SSSR count). The lowest BCUT2D eigenvalue weighted by molar-refractivity contribution is -0.385. The second-order valence-electron chi connectivity index (χ2n) is 4.28. The van der Waals surface area contributed by atoms with Crippen molar-refractivity contribution in [1.82, 2.24) is 4.98 Å². The fourth-order valence-electron chi connectivity index (χ4n) is 1.69. The second kappa shape index (κ2) is 5.76. The van der Waals surface area contributed by atoms with Gasteiger partial charge in [-0.1, -0.05) is 17.7 Å². The third-order valence-electron chi connectivity index (χ3n) is 2.75. The summed E-state index contributed by atoms with van der Waals surface area (Å²) in [4.78, 5) is 26.3. The smallest absolute Gasteiger partial charge is 0.275 e. The zero-order valence-corrected chi connectivity index (χ0v) is 11.7. The molecule has 0 radical (unpaired) electrons. The largest absolute Gasteiger partial charge is 0.384 e. The quantitative estimate of drug-likeness (QED) is 0.669. The first kappa shape index (κ1) is 14.7. The van der Waals surface area contributed by atoms with E-state index in [-0.39, 0.29) is 27.9 Å². The Hall–Kier alpha value is -2.67. The number of amides is 1. The first-order valence-corrected chi connectivity index (χ1v) is 6.24. The van der Waals surface area contributed by atoms with Gasteiger partial charge in [-0.2, -0.15) is 0 Å². The Labute approximate surface area is 124 Å². The number of aromatic nitrogens is 1. The van der Waals surface area contributed by atoms with Crippen LogP contribution in [0.1, 0.15) is 16.1 Å². The number of halogens is 1. The van der Waals surface area contributed by atoms with Gasteiger partial charge in [-0.25, -0.2) is 4.98 Å². The van der Waals surface area contributed by atoms with E-state index in [4.69, 9.17) is 17.3 Å². The van der Waals surface area contributed by atoms with Crippen LogP contribution in [0.5, 0.6) is 0 Å². The zero-order valence-electron chi connectivity index (χ0n) is 11.0. The lowest BCUT2D eigenvalue weighted by Crippen LogP contribution is -2.15. The molecule has 0 fully saturated rings. The Morgan fingerprint density at radius 1 is 1.38 bits per heavy atom. The fraction of sp³-hybridized carbons (Fsp3) is 0.0769. The van der Waals surface area contributed by atoms with Crippen molar-refractivity contribution >= 4 is 34.7 Å². The molecule has 0 bridgehead atoms. The second-order valence-corrected chi connectivity index (χ2v) is 4.69. The maximum Gasteiger partial charge on any atom is 0.275 e. The summed E-state index contributed by atoms with van der Waals surface area (Å²) in [6.45, 7) is 1.61. The highest BCUT2D eigenvalue weighted by Crippen LogP contribution is 2.23. The van der Waals surface area contributed by atoms with Crippen molar-refractivity contribution in [3.05, 3.63) is 56.7 Å². The van der Waals surface area contributed by atoms with Crippen LogP contribution in [0.2, 0.25) is 5.02 Å². The van der Waals surface area contributed by atoms with Crippen LogP contribution in [-0.4, -0.2) is 15.8 Å². The van der Waals surface area contributed by atoms with Crippen molar-refractivity contribution in [3.8, 4) is 0 Å². The number of nitrogen functional groups attached to an aromatic ring is 1. The molecule has 7 nitrogen and oxygen atoms in total. The Kier molecular flexibility index (Phi) is 4.04. The number of benzene rings is 1. The molecular formula is C13H11ClN4O3. The number of carbonyl (C=O) groups is 1. The van der Waals surface area contributed by atoms with Crippen molar-refractivity contribution in [2.24, 2.45) is 0 Å². The van der Waals surface area contributed by atoms with Crippen molar-refractivity contribution < 1.29 is 9.72 Å². The van der Waals surface area contributed by atoms with E-state index in [9.17, 15) is 14.9 Å². The number of hydrogen-bond acceptors (Lipinski definition) is 5. The third-order valence-corrected chi connectivity index (χ3v) is 3.05. The lowest BCUT2D eigenvalue weighted by atomic mass is 10.2. The highest BCUT2D eigenvalue weighted by molar-refractivity contribution is 6.34. The molecule has 1 aromatic heterocycles. The van der Waals surface area contributed by atoms with E-state index in [2.05, 4.69) is 10.3 Å². The Bertz CT molecular complexity index is 733. The highest BCUT2D eigenvalue weighted by Gasteiger charge is 2.16. The van der Waals surface area contributed by atoms with Gasteiger partial charge in [-0.3, -0.25) is 14.9 Å². The van der Waals surface area contributed by atoms with Gasteiger partial charge in [-0.05, 0) is 25.1 Å². The number of nitrogens with two attached hydrogens (primary N) is 1. The van der Waals surface area contributed by atoms with Gasteiger partial charge in [-0.15, -0.1) is 0 Å². The Morgan fingerprint density at radius 2 is 2.10 bits per heavy atom. The van der Waals surface area contributed by atoms with Crippen LogP contribution >= 0.6 is 11.6 Å². The first-order valence-electron chi connectivity index (χ1n) is 5.87. The van der Waals surface area contributed by atoms with Gasteiger partial charge in [0.2, 0.25) is 0 Å². The summed E-state index contributed by atoms with van der Waals surface area (Å²) >= 11 is 5.88. The molecule has 0 aliphatic carbocycles. The number of rotatable bonds is 3. The normalized spacial score (nSPS) is 10.2. The number of nitro benzene ring substituents is 1. The van der Waals surface area contributed by atoms with Gasteiger partial charge in [0.25, 0.3) is 11.6 Å². The van der Waals surface area contributed by atoms with E-state index in [1.807, 2.05) is 0 Å². The first-order chi connectivity index (χ1) is 9.88. The molecule has 0 atom stereocenters. The number of aryl methyl sites for hydroxylation is 1. The van der Waals surface area contributed by atoms with Gasteiger partial charge in [0.1, 0.15) is 11.5 Å². The predicted molar refractivity (Wildman–Crippen MR) is 79.4 cm³/mol. The summed E-state index contributed by atoms with van der Waals surface area (Å²) in [5.41, 5.74) is 6.15. The molecule has 0 unspecified atom stereocenters. The molecule has 0 saturated carbocycles. The van der Waals surface area contributed by atoms with Crippen LogP contribution in [-0.2, 0) is 0 Å². The number of carbonyl (C=O) groups excluding carboxylic acids is 1. The molecule has 21 heavy (non-hydrogen) atoms. The maximum absolute atomic E-state index is 12.1. The zero-order chi connectivity index (χ0) is 15.6. The summed E-state index contributed by atoms with van der Waals surface area (Å²) in [6.07, 6.45) is 0. The predicted octanol–water partition coefficient (Wildman–Crippen LogP) is 2.79. The molecule has 0 aliphatic rings. The Morgan fingerprint density at radius 3 is 2.76 bits per heavy atom. The van der Waals surface area contributed by atoms with Crippen molar-refractivity contribution in [1.29, 1.82) is 0 Å². The van der Waals surface area contributed by atoms with Gasteiger partial charge in [0, 0.05) is 17.3 Å². The summed E-state index contributed by atoms with van der Waals surface area (Å²) in [6, 6.07) is 7.29. The molecule has 8 heteroatoms. The van der Waals surface area contributed by atoms with E-state index in [0.717, 1.165) is 0 Å². The minimum atomic E-state index is -0.592. The van der Waals surface area contributed by atoms with Gasteiger partial charge < -0.3 is 11.1 Å². The monoisotopic (exact) mass is 306 g/mol. The van der Waals surface area contributed by atoms with E-state index < -0.39 is 10.8 Å². The van der Waals surface area contributed by atoms with Crippen LogP contribution in [0.25, 0.3) is 0 Å². The van der Waals surface area contributed by atoms with Crippen LogP contribution < -0.4 is 11.1 Å². The number of nitro groups is 1. The van der Waals surface area contributed by atoms with E-state index in [0.29, 0.717) is 5.56 Å². The number of anilines is 2. The topological polar surface area (TPSA) is 111 Å². The summed E-state index contributed by atoms with van der Waals surface area (Å²) in [5.74, 6) is -0.440. The molecule has 108 valence electrons. The number of hydrogen-bond donors (Lipinski definition) is 2. The number of nitrogens with one attached hydrogen (secondary N) is 1.